The molecule has 7 heteroatoms. The van der Waals surface area contributed by atoms with Crippen molar-refractivity contribution in [2.24, 2.45) is 5.41 Å². The maximum absolute atomic E-state index is 12.2. The van der Waals surface area contributed by atoms with Crippen molar-refractivity contribution in [3.8, 4) is 0 Å². The summed E-state index contributed by atoms with van der Waals surface area (Å²) in [6, 6.07) is 25.7. The summed E-state index contributed by atoms with van der Waals surface area (Å²) in [5, 5.41) is 26.6. The van der Waals surface area contributed by atoms with E-state index in [4.69, 9.17) is 15.3 Å². The van der Waals surface area contributed by atoms with E-state index in [-0.39, 0.29) is 18.6 Å². The summed E-state index contributed by atoms with van der Waals surface area (Å²) in [7, 11) is -3.40. The molecule has 0 fully saturated rings. The highest BCUT2D eigenvalue weighted by Crippen LogP contribution is 2.37. The van der Waals surface area contributed by atoms with Crippen molar-refractivity contribution in [1.29, 1.82) is 0 Å². The van der Waals surface area contributed by atoms with Crippen LogP contribution in [0.2, 0.25) is 0 Å². The zero-order valence-electron chi connectivity index (χ0n) is 18.3. The van der Waals surface area contributed by atoms with Crippen molar-refractivity contribution in [3.05, 3.63) is 96.6 Å². The Morgan fingerprint density at radius 1 is 0.781 bits per heavy atom. The van der Waals surface area contributed by atoms with Gasteiger partial charge in [0.15, 0.2) is 0 Å². The number of hydrogen-bond acceptors (Lipinski definition) is 4. The molecule has 0 radical (unpaired) electrons. The maximum Gasteiger partial charge on any atom is 0.335 e. The summed E-state index contributed by atoms with van der Waals surface area (Å²) in [6.07, 6.45) is 0.819. The number of carboxylic acid groups (broad SMARTS) is 1. The van der Waals surface area contributed by atoms with Crippen LogP contribution in [0, 0.1) is 5.41 Å². The number of aliphatic hydroxyl groups is 2. The van der Waals surface area contributed by atoms with E-state index in [1.807, 2.05) is 26.0 Å². The highest BCUT2D eigenvalue weighted by molar-refractivity contribution is 7.73. The number of benzene rings is 3. The largest absolute Gasteiger partial charge is 0.478 e. The van der Waals surface area contributed by atoms with Gasteiger partial charge < -0.3 is 20.2 Å². The van der Waals surface area contributed by atoms with Crippen molar-refractivity contribution in [2.75, 3.05) is 13.2 Å². The average molecular weight is 458 g/mol. The summed E-state index contributed by atoms with van der Waals surface area (Å²) >= 11 is 0. The zero-order chi connectivity index (χ0) is 24.0. The lowest BCUT2D eigenvalue weighted by Crippen LogP contribution is -2.24. The van der Waals surface area contributed by atoms with E-state index in [9.17, 15) is 14.3 Å². The van der Waals surface area contributed by atoms with Crippen molar-refractivity contribution < 1.29 is 29.6 Å². The van der Waals surface area contributed by atoms with E-state index in [2.05, 4.69) is 0 Å². The van der Waals surface area contributed by atoms with Gasteiger partial charge in [-0.3, -0.25) is 4.57 Å². The van der Waals surface area contributed by atoms with Crippen LogP contribution in [0.1, 0.15) is 30.6 Å². The molecule has 3 aromatic rings. The topological polar surface area (TPSA) is 115 Å². The molecule has 4 N–H and O–H groups in total. The summed E-state index contributed by atoms with van der Waals surface area (Å²) < 4.78 is 12.2. The van der Waals surface area contributed by atoms with Gasteiger partial charge in [-0.2, -0.15) is 0 Å². The first-order valence-electron chi connectivity index (χ1n) is 10.1. The minimum atomic E-state index is -3.40. The molecule has 0 bridgehead atoms. The number of rotatable bonds is 6. The van der Waals surface area contributed by atoms with Crippen molar-refractivity contribution in [2.45, 2.75) is 20.3 Å². The van der Waals surface area contributed by atoms with E-state index in [1.54, 1.807) is 78.9 Å². The number of aliphatic hydroxyl groups excluding tert-OH is 2. The Balaban J connectivity index is 0.000000260. The molecule has 0 saturated carbocycles. The van der Waals surface area contributed by atoms with Crippen LogP contribution < -0.4 is 10.6 Å². The fourth-order valence-corrected chi connectivity index (χ4v) is 3.71. The van der Waals surface area contributed by atoms with E-state index < -0.39 is 13.3 Å². The fraction of sp³-hybridized carbons (Fsp3) is 0.240. The molecule has 0 amide bonds. The monoisotopic (exact) mass is 458 g/mol. The Kier molecular flexibility index (Phi) is 11.6. The molecule has 0 unspecified atom stereocenters. The second-order valence-corrected chi connectivity index (χ2v) is 9.58. The first-order valence-corrected chi connectivity index (χ1v) is 11.8. The summed E-state index contributed by atoms with van der Waals surface area (Å²) in [5.41, 5.74) is 0.0671. The van der Waals surface area contributed by atoms with Crippen LogP contribution in [0.3, 0.4) is 0 Å². The van der Waals surface area contributed by atoms with E-state index >= 15 is 0 Å². The number of carboxylic acids is 1. The van der Waals surface area contributed by atoms with Crippen molar-refractivity contribution in [1.82, 2.24) is 0 Å². The third kappa shape index (κ3) is 8.77. The van der Waals surface area contributed by atoms with Crippen molar-refractivity contribution >= 4 is 23.9 Å². The quantitative estimate of drug-likeness (QED) is 0.419. The highest BCUT2D eigenvalue weighted by Gasteiger charge is 2.22. The van der Waals surface area contributed by atoms with Gasteiger partial charge in [-0.1, -0.05) is 68.4 Å². The Morgan fingerprint density at radius 2 is 1.12 bits per heavy atom. The molecule has 0 spiro atoms. The summed E-state index contributed by atoms with van der Waals surface area (Å²) in [6.45, 7) is 3.94. The minimum absolute atomic E-state index is 0.0694. The molecule has 0 aromatic heterocycles. The van der Waals surface area contributed by atoms with Gasteiger partial charge in [-0.05, 0) is 42.8 Å². The second kappa shape index (κ2) is 13.6. The van der Waals surface area contributed by atoms with E-state index in [0.29, 0.717) is 16.2 Å². The molecule has 3 rings (SSSR count). The Labute approximate surface area is 189 Å². The molecular weight excluding hydrogens is 427 g/mol. The van der Waals surface area contributed by atoms with Gasteiger partial charge in [-0.25, -0.2) is 4.79 Å². The van der Waals surface area contributed by atoms with Gasteiger partial charge in [0, 0.05) is 16.0 Å². The fourth-order valence-electron chi connectivity index (χ4n) is 2.26. The Hall–Kier alpha value is -2.76. The standard InChI is InChI=1S/C12H11O2P.C7H6O2.C6H14O2/c13-15(14,11-7-3-1-4-8-11)12-9-5-2-6-10-12;8-7(9)6-4-2-1-3-5-6;1-3-6(2,4-7)5-8/h1-10H,(H,13,14);1-5H,(H,8,9);7-8H,3-5H2,1-2H3. The molecule has 0 heterocycles. The van der Waals surface area contributed by atoms with E-state index in [0.717, 1.165) is 6.42 Å². The predicted octanol–water partition coefficient (Wildman–Crippen LogP) is 3.68. The molecule has 0 aliphatic heterocycles. The van der Waals surface area contributed by atoms with Gasteiger partial charge in [-0.15, -0.1) is 0 Å². The number of hydrogen-bond donors (Lipinski definition) is 4. The second-order valence-electron chi connectivity index (χ2n) is 7.40. The lowest BCUT2D eigenvalue weighted by Gasteiger charge is -2.21. The normalized spacial score (nSPS) is 10.8. The molecule has 0 aliphatic rings. The van der Waals surface area contributed by atoms with Gasteiger partial charge in [0.25, 0.3) is 7.37 Å². The molecule has 0 atom stereocenters. The molecule has 0 aliphatic carbocycles. The van der Waals surface area contributed by atoms with Crippen LogP contribution in [0.4, 0.5) is 0 Å². The average Bonchev–Trinajstić information content (AvgIpc) is 2.86. The first-order chi connectivity index (χ1) is 15.2. The minimum Gasteiger partial charge on any atom is -0.478 e. The summed E-state index contributed by atoms with van der Waals surface area (Å²) in [5.74, 6) is -0.879. The van der Waals surface area contributed by atoms with Crippen LogP contribution in [0.25, 0.3) is 0 Å². The molecule has 6 nitrogen and oxygen atoms in total. The molecule has 3 aromatic carbocycles. The van der Waals surface area contributed by atoms with Crippen LogP contribution in [-0.4, -0.2) is 39.4 Å². The molecule has 32 heavy (non-hydrogen) atoms. The van der Waals surface area contributed by atoms with Crippen LogP contribution in [0.5, 0.6) is 0 Å². The lowest BCUT2D eigenvalue weighted by molar-refractivity contribution is 0.0670. The third-order valence-electron chi connectivity index (χ3n) is 4.85. The molecule has 0 saturated heterocycles. The van der Waals surface area contributed by atoms with Crippen LogP contribution in [-0.2, 0) is 4.57 Å². The first kappa shape index (κ1) is 27.3. The van der Waals surface area contributed by atoms with Crippen LogP contribution in [0.15, 0.2) is 91.0 Å². The number of carbonyl (C=O) groups is 1. The van der Waals surface area contributed by atoms with Crippen LogP contribution >= 0.6 is 7.37 Å². The van der Waals surface area contributed by atoms with Crippen molar-refractivity contribution in [3.63, 3.8) is 0 Å². The predicted molar refractivity (Wildman–Crippen MR) is 128 cm³/mol. The maximum atomic E-state index is 12.2. The zero-order valence-corrected chi connectivity index (χ0v) is 19.2. The smallest absolute Gasteiger partial charge is 0.335 e. The molecule has 172 valence electrons. The van der Waals surface area contributed by atoms with Gasteiger partial charge in [0.1, 0.15) is 0 Å². The lowest BCUT2D eigenvalue weighted by atomic mass is 9.90. The summed E-state index contributed by atoms with van der Waals surface area (Å²) in [4.78, 5) is 20.2. The number of aromatic carboxylic acids is 1. The van der Waals surface area contributed by atoms with Gasteiger partial charge in [0.2, 0.25) is 0 Å². The molecular formula is C25H31O6P. The highest BCUT2D eigenvalue weighted by atomic mass is 31.2. The third-order valence-corrected chi connectivity index (χ3v) is 6.85. The SMILES string of the molecule is CCC(C)(CO)CO.O=C(O)c1ccccc1.O=P(O)(c1ccccc1)c1ccccc1. The van der Waals surface area contributed by atoms with Gasteiger partial charge in [0.05, 0.1) is 18.8 Å². The van der Waals surface area contributed by atoms with Gasteiger partial charge >= 0.3 is 5.97 Å². The Morgan fingerprint density at radius 3 is 1.34 bits per heavy atom. The Bertz CT molecular complexity index is 906. The van der Waals surface area contributed by atoms with E-state index in [1.165, 1.54) is 0 Å².